The van der Waals surface area contributed by atoms with Crippen molar-refractivity contribution in [3.8, 4) is 0 Å². The number of aliphatic carboxylic acids is 1. The molecule has 148 valence electrons. The first-order valence-corrected chi connectivity index (χ1v) is 10.3. The van der Waals surface area contributed by atoms with E-state index in [-0.39, 0.29) is 52.6 Å². The number of aliphatic hydroxyl groups excluding tert-OH is 1. The number of primary amides is 1. The molecule has 3 aliphatic heterocycles. The highest BCUT2D eigenvalue weighted by Gasteiger charge is 2.60. The van der Waals surface area contributed by atoms with Crippen LogP contribution < -0.4 is 11.1 Å². The van der Waals surface area contributed by atoms with Crippen LogP contribution in [0.2, 0.25) is 0 Å². The summed E-state index contributed by atoms with van der Waals surface area (Å²) in [4.78, 5) is 37.6. The number of hydrogen-bond acceptors (Lipinski definition) is 6. The van der Waals surface area contributed by atoms with Crippen molar-refractivity contribution in [3.05, 3.63) is 10.6 Å². The van der Waals surface area contributed by atoms with Crippen LogP contribution in [-0.2, 0) is 14.4 Å². The molecule has 2 saturated heterocycles. The molecule has 2 amide bonds. The summed E-state index contributed by atoms with van der Waals surface area (Å²) in [7, 11) is 0. The summed E-state index contributed by atoms with van der Waals surface area (Å²) in [6, 6.07) is -0.0478. The number of fused-ring (bicyclic) bond motifs is 1. The summed E-state index contributed by atoms with van der Waals surface area (Å²) in [6.45, 7) is 4.25. The van der Waals surface area contributed by atoms with Gasteiger partial charge in [-0.25, -0.2) is 4.79 Å². The molecule has 0 spiro atoms. The molecule has 9 heteroatoms. The zero-order valence-corrected chi connectivity index (χ0v) is 16.1. The Hall–Kier alpha value is -1.58. The molecule has 2 unspecified atom stereocenters. The zero-order chi connectivity index (χ0) is 19.6. The van der Waals surface area contributed by atoms with Crippen LogP contribution in [0.5, 0.6) is 0 Å². The fourth-order valence-corrected chi connectivity index (χ4v) is 6.49. The summed E-state index contributed by atoms with van der Waals surface area (Å²) in [5.41, 5.74) is 5.45. The Kier molecular flexibility index (Phi) is 4.51. The Morgan fingerprint density at radius 2 is 2.07 bits per heavy atom. The average molecular weight is 395 g/mol. The van der Waals surface area contributed by atoms with Gasteiger partial charge in [0, 0.05) is 34.6 Å². The Labute approximate surface area is 161 Å². The van der Waals surface area contributed by atoms with Gasteiger partial charge in [0.1, 0.15) is 5.70 Å². The van der Waals surface area contributed by atoms with Crippen LogP contribution in [0.25, 0.3) is 0 Å². The topological polar surface area (TPSA) is 133 Å². The third-order valence-corrected chi connectivity index (χ3v) is 7.96. The summed E-state index contributed by atoms with van der Waals surface area (Å²) in [5.74, 6) is -2.06. The molecule has 1 saturated carbocycles. The lowest BCUT2D eigenvalue weighted by atomic mass is 9.79. The van der Waals surface area contributed by atoms with Gasteiger partial charge in [-0.2, -0.15) is 0 Å². The van der Waals surface area contributed by atoms with Crippen LogP contribution in [0.3, 0.4) is 0 Å². The van der Waals surface area contributed by atoms with E-state index < -0.39 is 18.0 Å². The quantitative estimate of drug-likeness (QED) is 0.455. The number of thioether (sulfide) groups is 1. The molecule has 27 heavy (non-hydrogen) atoms. The molecule has 0 aromatic heterocycles. The van der Waals surface area contributed by atoms with Gasteiger partial charge >= 0.3 is 5.97 Å². The first-order valence-electron chi connectivity index (χ1n) is 9.40. The van der Waals surface area contributed by atoms with Gasteiger partial charge in [-0.05, 0) is 25.7 Å². The number of carbonyl (C=O) groups excluding carboxylic acids is 2. The molecular weight excluding hydrogens is 370 g/mol. The minimum atomic E-state index is -1.09. The van der Waals surface area contributed by atoms with Gasteiger partial charge in [-0.15, -0.1) is 11.8 Å². The number of nitrogens with two attached hydrogens (primary N) is 1. The van der Waals surface area contributed by atoms with Gasteiger partial charge in [-0.3, -0.25) is 9.59 Å². The number of carboxylic acid groups (broad SMARTS) is 1. The van der Waals surface area contributed by atoms with E-state index in [9.17, 15) is 24.6 Å². The Bertz CT molecular complexity index is 739. The Morgan fingerprint density at radius 1 is 1.37 bits per heavy atom. The summed E-state index contributed by atoms with van der Waals surface area (Å²) in [6.07, 6.45) is 0.879. The number of hydrogen-bond donors (Lipinski definition) is 4. The fraction of sp³-hybridized carbons (Fsp3) is 0.722. The van der Waals surface area contributed by atoms with Crippen LogP contribution in [0.4, 0.5) is 0 Å². The highest BCUT2D eigenvalue weighted by Crippen LogP contribution is 2.52. The van der Waals surface area contributed by atoms with Crippen molar-refractivity contribution < 1.29 is 24.6 Å². The summed E-state index contributed by atoms with van der Waals surface area (Å²) < 4.78 is 0. The number of carboxylic acids is 1. The van der Waals surface area contributed by atoms with Crippen molar-refractivity contribution in [2.75, 3.05) is 6.54 Å². The number of aliphatic hydroxyl groups is 1. The minimum Gasteiger partial charge on any atom is -0.477 e. The molecular formula is C18H25N3O5S. The minimum absolute atomic E-state index is 0.0446. The second-order valence-corrected chi connectivity index (χ2v) is 9.51. The molecule has 4 aliphatic rings. The predicted molar refractivity (Wildman–Crippen MR) is 98.2 cm³/mol. The number of carbonyl (C=O) groups is 3. The Morgan fingerprint density at radius 3 is 2.63 bits per heavy atom. The maximum absolute atomic E-state index is 12.4. The molecule has 4 rings (SSSR count). The third kappa shape index (κ3) is 2.87. The number of rotatable bonds is 6. The van der Waals surface area contributed by atoms with Crippen molar-refractivity contribution in [2.45, 2.75) is 50.1 Å². The standard InChI is InChI=1S/C18H25N3O5S/c1-6-13-12(7(2)22)17(24)21(13)14(18(25)26)15(6)27-8-3-11(20-5-8)9-4-10(9)16(19)23/h6-13,20,22H,3-5H2,1-2H3,(H2,19,23)(H,25,26)/t6-,7-,8+,9?,10?,11+,12-,13-/m1/s1. The smallest absolute Gasteiger partial charge is 0.353 e. The fourth-order valence-electron chi connectivity index (χ4n) is 4.99. The molecule has 5 N–H and O–H groups in total. The lowest BCUT2D eigenvalue weighted by molar-refractivity contribution is -0.163. The van der Waals surface area contributed by atoms with Crippen LogP contribution in [0.15, 0.2) is 10.6 Å². The molecule has 0 radical (unpaired) electrons. The molecule has 8 nitrogen and oxygen atoms in total. The number of amides is 2. The first-order chi connectivity index (χ1) is 12.7. The van der Waals surface area contributed by atoms with Gasteiger partial charge in [-0.1, -0.05) is 6.92 Å². The molecule has 0 bridgehead atoms. The van der Waals surface area contributed by atoms with E-state index in [0.29, 0.717) is 0 Å². The van der Waals surface area contributed by atoms with Crippen LogP contribution in [-0.4, -0.2) is 62.9 Å². The summed E-state index contributed by atoms with van der Waals surface area (Å²) >= 11 is 1.53. The van der Waals surface area contributed by atoms with E-state index in [1.165, 1.54) is 16.7 Å². The van der Waals surface area contributed by atoms with Gasteiger partial charge < -0.3 is 26.2 Å². The number of β-lactam (4-membered cyclic amide) rings is 1. The molecule has 0 aromatic carbocycles. The van der Waals surface area contributed by atoms with Crippen molar-refractivity contribution in [1.82, 2.24) is 10.2 Å². The van der Waals surface area contributed by atoms with Gasteiger partial charge in [0.2, 0.25) is 11.8 Å². The Balaban J connectivity index is 1.48. The molecule has 3 fully saturated rings. The number of nitrogens with zero attached hydrogens (tertiary/aromatic N) is 1. The lowest BCUT2D eigenvalue weighted by Gasteiger charge is -2.46. The van der Waals surface area contributed by atoms with Crippen LogP contribution >= 0.6 is 11.8 Å². The van der Waals surface area contributed by atoms with E-state index >= 15 is 0 Å². The van der Waals surface area contributed by atoms with Crippen molar-refractivity contribution >= 4 is 29.5 Å². The van der Waals surface area contributed by atoms with E-state index in [4.69, 9.17) is 5.73 Å². The highest BCUT2D eigenvalue weighted by molar-refractivity contribution is 8.03. The monoisotopic (exact) mass is 395 g/mol. The SMILES string of the molecule is C[C@@H](O)[C@H]1C(=O)N2C(C(=O)O)=C(S[C@@H]3CN[C@H](C4CC4C(N)=O)C3)[C@H](C)[C@H]12. The molecule has 8 atom stereocenters. The van der Waals surface area contributed by atoms with Gasteiger partial charge in [0.15, 0.2) is 0 Å². The van der Waals surface area contributed by atoms with E-state index in [1.54, 1.807) is 6.92 Å². The largest absolute Gasteiger partial charge is 0.477 e. The van der Waals surface area contributed by atoms with Crippen LogP contribution in [0.1, 0.15) is 26.7 Å². The van der Waals surface area contributed by atoms with Crippen molar-refractivity contribution in [3.63, 3.8) is 0 Å². The summed E-state index contributed by atoms with van der Waals surface area (Å²) in [5, 5.41) is 23.2. The average Bonchev–Trinajstić information content (AvgIpc) is 3.19. The van der Waals surface area contributed by atoms with Crippen LogP contribution in [0, 0.1) is 23.7 Å². The lowest BCUT2D eigenvalue weighted by Crippen LogP contribution is -2.63. The normalized spacial score (nSPS) is 41.4. The molecule has 1 aliphatic carbocycles. The second kappa shape index (κ2) is 6.49. The highest BCUT2D eigenvalue weighted by atomic mass is 32.2. The molecule has 3 heterocycles. The maximum atomic E-state index is 12.4. The van der Waals surface area contributed by atoms with E-state index in [0.717, 1.165) is 24.3 Å². The maximum Gasteiger partial charge on any atom is 0.353 e. The van der Waals surface area contributed by atoms with E-state index in [1.807, 2.05) is 6.92 Å². The van der Waals surface area contributed by atoms with Gasteiger partial charge in [0.25, 0.3) is 0 Å². The zero-order valence-electron chi connectivity index (χ0n) is 15.3. The first kappa shape index (κ1) is 18.8. The predicted octanol–water partition coefficient (Wildman–Crippen LogP) is -0.275. The number of nitrogens with one attached hydrogen (secondary N) is 1. The van der Waals surface area contributed by atoms with Crippen molar-refractivity contribution in [1.29, 1.82) is 0 Å². The van der Waals surface area contributed by atoms with Crippen molar-refractivity contribution in [2.24, 2.45) is 29.4 Å². The molecule has 0 aromatic rings. The second-order valence-electron chi connectivity index (χ2n) is 8.17. The van der Waals surface area contributed by atoms with E-state index in [2.05, 4.69) is 5.32 Å². The third-order valence-electron chi connectivity index (χ3n) is 6.45. The van der Waals surface area contributed by atoms with Gasteiger partial charge in [0.05, 0.1) is 18.1 Å².